The highest BCUT2D eigenvalue weighted by Gasteiger charge is 2.03. The molecule has 0 fully saturated rings. The lowest BCUT2D eigenvalue weighted by Crippen LogP contribution is -2.26. The molecular weight excluding hydrogens is 302 g/mol. The number of rotatable bonds is 6. The summed E-state index contributed by atoms with van der Waals surface area (Å²) in [6.07, 6.45) is 0. The van der Waals surface area contributed by atoms with Gasteiger partial charge in [0.2, 0.25) is 0 Å². The van der Waals surface area contributed by atoms with Crippen LogP contribution in [0.4, 0.5) is 0 Å². The normalized spacial score (nSPS) is 10.6. The standard InChI is InChI=1S/C13H17BrClNO/c1-9(2)16-7-10(3)8-17-13-6-11(14)4-5-12(13)15/h4-6,9,16H,3,7-8H2,1-2H3. The van der Waals surface area contributed by atoms with Gasteiger partial charge < -0.3 is 10.1 Å². The van der Waals surface area contributed by atoms with E-state index < -0.39 is 0 Å². The molecule has 0 amide bonds. The summed E-state index contributed by atoms with van der Waals surface area (Å²) in [6, 6.07) is 5.98. The summed E-state index contributed by atoms with van der Waals surface area (Å²) in [6.45, 7) is 9.37. The summed E-state index contributed by atoms with van der Waals surface area (Å²) in [7, 11) is 0. The van der Waals surface area contributed by atoms with Crippen molar-refractivity contribution in [3.05, 3.63) is 39.8 Å². The largest absolute Gasteiger partial charge is 0.488 e. The first kappa shape index (κ1) is 14.6. The minimum atomic E-state index is 0.446. The molecule has 17 heavy (non-hydrogen) atoms. The second kappa shape index (κ2) is 7.04. The summed E-state index contributed by atoms with van der Waals surface area (Å²) in [5, 5.41) is 3.89. The van der Waals surface area contributed by atoms with E-state index in [1.54, 1.807) is 6.07 Å². The number of halogens is 2. The highest BCUT2D eigenvalue weighted by Crippen LogP contribution is 2.28. The summed E-state index contributed by atoms with van der Waals surface area (Å²) in [5.74, 6) is 0.673. The van der Waals surface area contributed by atoms with Crippen molar-refractivity contribution in [3.63, 3.8) is 0 Å². The molecule has 1 aromatic rings. The zero-order chi connectivity index (χ0) is 12.8. The van der Waals surface area contributed by atoms with E-state index in [2.05, 4.69) is 41.7 Å². The van der Waals surface area contributed by atoms with E-state index in [1.807, 2.05) is 12.1 Å². The Morgan fingerprint density at radius 2 is 2.24 bits per heavy atom. The molecule has 0 aliphatic heterocycles. The fraction of sp³-hybridized carbons (Fsp3) is 0.385. The lowest BCUT2D eigenvalue weighted by molar-refractivity contribution is 0.347. The van der Waals surface area contributed by atoms with Crippen molar-refractivity contribution in [2.75, 3.05) is 13.2 Å². The first-order valence-electron chi connectivity index (χ1n) is 5.47. The first-order valence-corrected chi connectivity index (χ1v) is 6.64. The van der Waals surface area contributed by atoms with Crippen LogP contribution in [0.5, 0.6) is 5.75 Å². The van der Waals surface area contributed by atoms with E-state index in [-0.39, 0.29) is 0 Å². The fourth-order valence-corrected chi connectivity index (χ4v) is 1.68. The van der Waals surface area contributed by atoms with Crippen molar-refractivity contribution in [1.29, 1.82) is 0 Å². The average Bonchev–Trinajstić information content (AvgIpc) is 2.27. The zero-order valence-corrected chi connectivity index (χ0v) is 12.4. The van der Waals surface area contributed by atoms with E-state index in [9.17, 15) is 0 Å². The van der Waals surface area contributed by atoms with E-state index in [0.717, 1.165) is 16.6 Å². The van der Waals surface area contributed by atoms with Gasteiger partial charge in [-0.3, -0.25) is 0 Å². The Kier molecular flexibility index (Phi) is 6.03. The lowest BCUT2D eigenvalue weighted by Gasteiger charge is -2.12. The van der Waals surface area contributed by atoms with Gasteiger partial charge in [-0.05, 0) is 23.8 Å². The van der Waals surface area contributed by atoms with Crippen molar-refractivity contribution >= 4 is 27.5 Å². The van der Waals surface area contributed by atoms with Crippen LogP contribution in [0.1, 0.15) is 13.8 Å². The van der Waals surface area contributed by atoms with Gasteiger partial charge in [0.1, 0.15) is 12.4 Å². The van der Waals surface area contributed by atoms with E-state index in [0.29, 0.717) is 23.4 Å². The number of nitrogens with one attached hydrogen (secondary N) is 1. The van der Waals surface area contributed by atoms with Gasteiger partial charge in [0.25, 0.3) is 0 Å². The molecular formula is C13H17BrClNO. The van der Waals surface area contributed by atoms with Crippen molar-refractivity contribution < 1.29 is 4.74 Å². The molecule has 1 aromatic carbocycles. The maximum absolute atomic E-state index is 6.02. The van der Waals surface area contributed by atoms with Crippen LogP contribution in [0.3, 0.4) is 0 Å². The summed E-state index contributed by atoms with van der Waals surface area (Å²) >= 11 is 9.40. The van der Waals surface area contributed by atoms with Crippen LogP contribution in [0.2, 0.25) is 5.02 Å². The van der Waals surface area contributed by atoms with Crippen LogP contribution in [-0.2, 0) is 0 Å². The van der Waals surface area contributed by atoms with Crippen molar-refractivity contribution in [1.82, 2.24) is 5.32 Å². The minimum absolute atomic E-state index is 0.446. The molecule has 0 atom stereocenters. The number of hydrogen-bond donors (Lipinski definition) is 1. The van der Waals surface area contributed by atoms with E-state index >= 15 is 0 Å². The van der Waals surface area contributed by atoms with Gasteiger partial charge in [0, 0.05) is 17.1 Å². The third kappa shape index (κ3) is 5.57. The van der Waals surface area contributed by atoms with Gasteiger partial charge in [-0.25, -0.2) is 0 Å². The Morgan fingerprint density at radius 1 is 1.53 bits per heavy atom. The molecule has 0 spiro atoms. The molecule has 0 aliphatic rings. The van der Waals surface area contributed by atoms with Crippen LogP contribution >= 0.6 is 27.5 Å². The van der Waals surface area contributed by atoms with Gasteiger partial charge in [-0.1, -0.05) is 48.0 Å². The van der Waals surface area contributed by atoms with Crippen LogP contribution in [0.25, 0.3) is 0 Å². The number of ether oxygens (including phenoxy) is 1. The Hall–Kier alpha value is -0.510. The predicted molar refractivity (Wildman–Crippen MR) is 76.9 cm³/mol. The second-order valence-electron chi connectivity index (χ2n) is 4.15. The molecule has 4 heteroatoms. The second-order valence-corrected chi connectivity index (χ2v) is 5.47. The molecule has 0 aromatic heterocycles. The van der Waals surface area contributed by atoms with Crippen molar-refractivity contribution in [3.8, 4) is 5.75 Å². The highest BCUT2D eigenvalue weighted by atomic mass is 79.9. The molecule has 0 unspecified atom stereocenters. The van der Waals surface area contributed by atoms with Gasteiger partial charge in [0.15, 0.2) is 0 Å². The Labute approximate surface area is 116 Å². The number of benzene rings is 1. The van der Waals surface area contributed by atoms with Crippen molar-refractivity contribution in [2.45, 2.75) is 19.9 Å². The Balaban J connectivity index is 2.44. The molecule has 94 valence electrons. The average molecular weight is 319 g/mol. The summed E-state index contributed by atoms with van der Waals surface area (Å²) in [4.78, 5) is 0. The maximum atomic E-state index is 6.02. The van der Waals surface area contributed by atoms with Gasteiger partial charge in [-0.2, -0.15) is 0 Å². The lowest BCUT2D eigenvalue weighted by atomic mass is 10.3. The van der Waals surface area contributed by atoms with Crippen LogP contribution in [0, 0.1) is 0 Å². The third-order valence-corrected chi connectivity index (χ3v) is 2.89. The molecule has 2 nitrogen and oxygen atoms in total. The van der Waals surface area contributed by atoms with Gasteiger partial charge in [0.05, 0.1) is 5.02 Å². The summed E-state index contributed by atoms with van der Waals surface area (Å²) < 4.78 is 6.56. The Bertz CT molecular complexity index is 393. The molecule has 0 bridgehead atoms. The molecule has 0 saturated carbocycles. The topological polar surface area (TPSA) is 21.3 Å². The van der Waals surface area contributed by atoms with E-state index in [1.165, 1.54) is 0 Å². The quantitative estimate of drug-likeness (QED) is 0.799. The SMILES string of the molecule is C=C(CNC(C)C)COc1cc(Br)ccc1Cl. The molecule has 0 heterocycles. The van der Waals surface area contributed by atoms with Gasteiger partial charge in [-0.15, -0.1) is 0 Å². The first-order chi connectivity index (χ1) is 7.99. The predicted octanol–water partition coefficient (Wildman–Crippen LogP) is 4.04. The highest BCUT2D eigenvalue weighted by molar-refractivity contribution is 9.10. The molecule has 1 rings (SSSR count). The zero-order valence-electron chi connectivity index (χ0n) is 10.1. The van der Waals surface area contributed by atoms with Crippen LogP contribution in [-0.4, -0.2) is 19.2 Å². The van der Waals surface area contributed by atoms with Crippen LogP contribution in [0.15, 0.2) is 34.8 Å². The molecule has 1 N–H and O–H groups in total. The van der Waals surface area contributed by atoms with Gasteiger partial charge >= 0.3 is 0 Å². The van der Waals surface area contributed by atoms with Crippen molar-refractivity contribution in [2.24, 2.45) is 0 Å². The molecule has 0 aliphatic carbocycles. The molecule has 0 radical (unpaired) electrons. The molecule has 0 saturated heterocycles. The minimum Gasteiger partial charge on any atom is -0.488 e. The fourth-order valence-electron chi connectivity index (χ4n) is 1.17. The smallest absolute Gasteiger partial charge is 0.139 e. The van der Waals surface area contributed by atoms with E-state index in [4.69, 9.17) is 16.3 Å². The Morgan fingerprint density at radius 3 is 2.88 bits per heavy atom. The monoisotopic (exact) mass is 317 g/mol. The third-order valence-electron chi connectivity index (χ3n) is 2.09. The summed E-state index contributed by atoms with van der Waals surface area (Å²) in [5.41, 5.74) is 0.995. The maximum Gasteiger partial charge on any atom is 0.139 e. The number of hydrogen-bond acceptors (Lipinski definition) is 2. The van der Waals surface area contributed by atoms with Crippen LogP contribution < -0.4 is 10.1 Å².